The van der Waals surface area contributed by atoms with Gasteiger partial charge in [-0.2, -0.15) is 0 Å². The third-order valence-corrected chi connectivity index (χ3v) is 5.36. The van der Waals surface area contributed by atoms with Gasteiger partial charge in [0.1, 0.15) is 0 Å². The van der Waals surface area contributed by atoms with Gasteiger partial charge in [0.25, 0.3) is 5.91 Å². The van der Waals surface area contributed by atoms with Crippen molar-refractivity contribution in [1.29, 1.82) is 0 Å². The highest BCUT2D eigenvalue weighted by atomic mass is 32.1. The Morgan fingerprint density at radius 3 is 3.14 bits per heavy atom. The molecule has 1 aromatic heterocycles. The zero-order valence-corrected chi connectivity index (χ0v) is 12.7. The minimum Gasteiger partial charge on any atom is -0.335 e. The molecule has 2 aromatic rings. The van der Waals surface area contributed by atoms with Gasteiger partial charge in [0.2, 0.25) is 5.91 Å². The number of thiazole rings is 1. The molecule has 1 unspecified atom stereocenters. The molecule has 2 aliphatic heterocycles. The van der Waals surface area contributed by atoms with E-state index in [4.69, 9.17) is 1.37 Å². The van der Waals surface area contributed by atoms with Crippen LogP contribution in [0.4, 0.5) is 0 Å². The van der Waals surface area contributed by atoms with E-state index in [1.165, 1.54) is 11.3 Å². The lowest BCUT2D eigenvalue weighted by Crippen LogP contribution is -2.36. The van der Waals surface area contributed by atoms with E-state index >= 15 is 0 Å². The summed E-state index contributed by atoms with van der Waals surface area (Å²) in [7, 11) is 0. The number of aromatic nitrogens is 1. The molecular formula is C16H15N3O2S. The Hall–Kier alpha value is -2.21. The monoisotopic (exact) mass is 315 g/mol. The Balaban J connectivity index is 1.61. The van der Waals surface area contributed by atoms with E-state index in [1.807, 2.05) is 0 Å². The highest BCUT2D eigenvalue weighted by Crippen LogP contribution is 2.41. The van der Waals surface area contributed by atoms with Gasteiger partial charge in [-0.25, -0.2) is 4.98 Å². The first kappa shape index (κ1) is 12.3. The molecule has 1 spiro atoms. The summed E-state index contributed by atoms with van der Waals surface area (Å²) in [5.41, 5.74) is 0.874. The number of hydrogen-bond acceptors (Lipinski definition) is 4. The number of carbonyl (C=O) groups is 2. The Bertz CT molecular complexity index is 862. The molecule has 4 rings (SSSR count). The first-order chi connectivity index (χ1) is 11.0. The molecule has 3 heterocycles. The first-order valence-electron chi connectivity index (χ1n) is 7.63. The quantitative estimate of drug-likeness (QED) is 0.877. The summed E-state index contributed by atoms with van der Waals surface area (Å²) in [4.78, 5) is 30.9. The maximum Gasteiger partial charge on any atom is 0.282 e. The maximum atomic E-state index is 12.7. The number of nitrogens with zero attached hydrogens (tertiary/aromatic N) is 2. The minimum atomic E-state index is -0.524. The largest absolute Gasteiger partial charge is 0.335 e. The van der Waals surface area contributed by atoms with E-state index in [1.54, 1.807) is 23.1 Å². The second-order valence-corrected chi connectivity index (χ2v) is 6.89. The van der Waals surface area contributed by atoms with Gasteiger partial charge in [-0.05, 0) is 18.5 Å². The molecule has 5 nitrogen and oxygen atoms in total. The summed E-state index contributed by atoms with van der Waals surface area (Å²) in [5.74, 6) is -0.191. The van der Waals surface area contributed by atoms with Gasteiger partial charge in [-0.15, -0.1) is 11.3 Å². The lowest BCUT2D eigenvalue weighted by Gasteiger charge is -2.20. The van der Waals surface area contributed by atoms with Crippen molar-refractivity contribution in [2.75, 3.05) is 13.1 Å². The predicted octanol–water partition coefficient (Wildman–Crippen LogP) is 2.16. The summed E-state index contributed by atoms with van der Waals surface area (Å²) < 4.78 is 8.61. The van der Waals surface area contributed by atoms with E-state index < -0.39 is 5.41 Å². The smallest absolute Gasteiger partial charge is 0.282 e. The molecule has 0 aliphatic carbocycles. The molecule has 0 radical (unpaired) electrons. The van der Waals surface area contributed by atoms with Crippen LogP contribution in [0.1, 0.15) is 24.0 Å². The average molecular weight is 315 g/mol. The normalized spacial score (nSPS) is 25.1. The van der Waals surface area contributed by atoms with Gasteiger partial charge in [0.05, 0.1) is 17.0 Å². The summed E-state index contributed by atoms with van der Waals surface area (Å²) in [6.45, 7) is 4.77. The van der Waals surface area contributed by atoms with Crippen molar-refractivity contribution >= 4 is 33.4 Å². The van der Waals surface area contributed by atoms with Crippen molar-refractivity contribution in [2.24, 2.45) is 5.41 Å². The van der Waals surface area contributed by atoms with Crippen LogP contribution in [0.5, 0.6) is 0 Å². The molecule has 6 heteroatoms. The summed E-state index contributed by atoms with van der Waals surface area (Å²) in [6.07, 6.45) is 1.24. The topological polar surface area (TPSA) is 62.3 Å². The van der Waals surface area contributed by atoms with Crippen molar-refractivity contribution in [2.45, 2.75) is 12.8 Å². The summed E-state index contributed by atoms with van der Waals surface area (Å²) in [6, 6.07) is 5.63. The minimum absolute atomic E-state index is 0.0319. The second-order valence-electron chi connectivity index (χ2n) is 5.89. The van der Waals surface area contributed by atoms with E-state index in [-0.39, 0.29) is 11.8 Å². The van der Waals surface area contributed by atoms with Gasteiger partial charge in [0.15, 0.2) is 5.01 Å². The molecule has 1 aromatic carbocycles. The molecule has 2 fully saturated rings. The van der Waals surface area contributed by atoms with Crippen LogP contribution in [-0.2, 0) is 4.79 Å². The number of nitrogens with one attached hydrogen (secondary N) is 1. The van der Waals surface area contributed by atoms with Gasteiger partial charge >= 0.3 is 0 Å². The lowest BCUT2D eigenvalue weighted by atomic mass is 9.85. The molecule has 2 saturated heterocycles. The van der Waals surface area contributed by atoms with Crippen molar-refractivity contribution in [3.8, 4) is 0 Å². The number of fused-ring (bicyclic) bond motifs is 1. The van der Waals surface area contributed by atoms with Crippen LogP contribution in [0.15, 0.2) is 36.5 Å². The third-order valence-electron chi connectivity index (χ3n) is 4.37. The number of rotatable bonds is 1. The van der Waals surface area contributed by atoms with Crippen LogP contribution in [0, 0.1) is 5.41 Å². The number of amides is 2. The lowest BCUT2D eigenvalue weighted by molar-refractivity contribution is -0.126. The molecule has 22 heavy (non-hydrogen) atoms. The highest BCUT2D eigenvalue weighted by molar-refractivity contribution is 7.20. The van der Waals surface area contributed by atoms with Gasteiger partial charge in [-0.1, -0.05) is 18.7 Å². The third kappa shape index (κ3) is 1.94. The van der Waals surface area contributed by atoms with Crippen LogP contribution in [-0.4, -0.2) is 34.8 Å². The first-order valence-corrected chi connectivity index (χ1v) is 7.95. The van der Waals surface area contributed by atoms with E-state index in [9.17, 15) is 9.59 Å². The Morgan fingerprint density at radius 1 is 1.55 bits per heavy atom. The second kappa shape index (κ2) is 4.64. The van der Waals surface area contributed by atoms with Crippen LogP contribution < -0.4 is 5.32 Å². The molecule has 112 valence electrons. The van der Waals surface area contributed by atoms with Crippen LogP contribution in [0.25, 0.3) is 10.2 Å². The molecular weight excluding hydrogens is 298 g/mol. The Kier molecular flexibility index (Phi) is 2.61. The highest BCUT2D eigenvalue weighted by Gasteiger charge is 2.50. The molecule has 1 N–H and O–H groups in total. The number of carbonyl (C=O) groups excluding carboxylic acids is 2. The van der Waals surface area contributed by atoms with Crippen molar-refractivity contribution in [3.05, 3.63) is 41.5 Å². The van der Waals surface area contributed by atoms with Gasteiger partial charge < -0.3 is 10.2 Å². The SMILES string of the molecule is [3H]c1cccc2nc(C(=O)N3CCC4(CC(=C)NC4=O)C3)sc12. The number of benzene rings is 1. The molecule has 0 bridgehead atoms. The van der Waals surface area contributed by atoms with Crippen LogP contribution in [0.2, 0.25) is 0 Å². The standard InChI is InChI=1S/C16H15N3O2S/c1-10-8-16(15(21)17-10)6-7-19(9-16)14(20)13-18-11-4-2-3-5-12(11)22-13/h2-5H,1,6-9H2,(H,17,21)/i5T. The van der Waals surface area contributed by atoms with E-state index in [0.717, 1.165) is 10.4 Å². The maximum absolute atomic E-state index is 12.7. The molecule has 0 saturated carbocycles. The number of para-hydroxylation sites is 1. The number of likely N-dealkylation sites (tertiary alicyclic amines) is 1. The predicted molar refractivity (Wildman–Crippen MR) is 84.5 cm³/mol. The summed E-state index contributed by atoms with van der Waals surface area (Å²) >= 11 is 1.24. The van der Waals surface area contributed by atoms with Crippen molar-refractivity contribution in [1.82, 2.24) is 15.2 Å². The van der Waals surface area contributed by atoms with E-state index in [2.05, 4.69) is 16.9 Å². The fourth-order valence-electron chi connectivity index (χ4n) is 3.24. The van der Waals surface area contributed by atoms with E-state index in [0.29, 0.717) is 42.5 Å². The fourth-order valence-corrected chi connectivity index (χ4v) is 4.14. The van der Waals surface area contributed by atoms with Crippen LogP contribution >= 0.6 is 11.3 Å². The van der Waals surface area contributed by atoms with Gasteiger partial charge in [0, 0.05) is 25.2 Å². The molecule has 2 amide bonds. The zero-order chi connectivity index (χ0) is 16.2. The number of hydrogen-bond donors (Lipinski definition) is 1. The Morgan fingerprint density at radius 2 is 2.41 bits per heavy atom. The van der Waals surface area contributed by atoms with Crippen molar-refractivity contribution < 1.29 is 11.0 Å². The Labute approximate surface area is 133 Å². The zero-order valence-electron chi connectivity index (χ0n) is 12.9. The van der Waals surface area contributed by atoms with Crippen molar-refractivity contribution in [3.63, 3.8) is 0 Å². The fraction of sp³-hybridized carbons (Fsp3) is 0.312. The molecule has 2 aliphatic rings. The summed E-state index contributed by atoms with van der Waals surface area (Å²) in [5, 5.41) is 3.15. The van der Waals surface area contributed by atoms with Gasteiger partial charge in [-0.3, -0.25) is 9.59 Å². The molecule has 1 atom stereocenters. The average Bonchev–Trinajstić information content (AvgIpc) is 3.18. The van der Waals surface area contributed by atoms with Crippen LogP contribution in [0.3, 0.4) is 0 Å². The number of allylic oxidation sites excluding steroid dienone is 1.